The number of methoxy groups -OCH3 is 2. The van der Waals surface area contributed by atoms with Gasteiger partial charge in [-0.25, -0.2) is 0 Å². The second kappa shape index (κ2) is 11.3. The smallest absolute Gasteiger partial charge is 0.193 e. The zero-order chi connectivity index (χ0) is 20.5. The average Bonchev–Trinajstić information content (AvgIpc) is 2.79. The van der Waals surface area contributed by atoms with Gasteiger partial charge in [-0.05, 0) is 49.8 Å². The van der Waals surface area contributed by atoms with Crippen LogP contribution in [0.3, 0.4) is 0 Å². The number of rotatable bonds is 7. The Morgan fingerprint density at radius 2 is 1.93 bits per heavy atom. The van der Waals surface area contributed by atoms with Gasteiger partial charge in [0.05, 0.1) is 33.0 Å². The van der Waals surface area contributed by atoms with Crippen molar-refractivity contribution >= 4 is 5.96 Å². The first-order chi connectivity index (χ1) is 14.2. The van der Waals surface area contributed by atoms with Crippen LogP contribution in [0.25, 0.3) is 0 Å². The van der Waals surface area contributed by atoms with E-state index in [0.717, 1.165) is 68.6 Å². The first kappa shape index (κ1) is 21.7. The molecule has 1 N–H and O–H groups in total. The molecule has 0 bridgehead atoms. The lowest BCUT2D eigenvalue weighted by atomic mass is 10.1. The number of nitrogens with zero attached hydrogens (tertiary/aromatic N) is 2. The summed E-state index contributed by atoms with van der Waals surface area (Å²) in [5.74, 6) is 2.40. The maximum absolute atomic E-state index is 6.12. The fraction of sp³-hybridized carbons (Fsp3) is 0.682. The highest BCUT2D eigenvalue weighted by atomic mass is 16.5. The number of hydrogen-bond donors (Lipinski definition) is 1. The molecule has 2 aliphatic rings. The van der Waals surface area contributed by atoms with Crippen molar-refractivity contribution in [1.29, 1.82) is 0 Å². The Morgan fingerprint density at radius 1 is 1.14 bits per heavy atom. The first-order valence-electron chi connectivity index (χ1n) is 10.6. The predicted octanol–water partition coefficient (Wildman–Crippen LogP) is 2.83. The Bertz CT molecular complexity index is 653. The molecule has 1 unspecified atom stereocenters. The number of benzene rings is 1. The molecule has 0 spiro atoms. The minimum Gasteiger partial charge on any atom is -0.493 e. The molecule has 1 aromatic carbocycles. The summed E-state index contributed by atoms with van der Waals surface area (Å²) in [6.07, 6.45) is 6.22. The first-order valence-corrected chi connectivity index (χ1v) is 10.6. The van der Waals surface area contributed by atoms with E-state index in [0.29, 0.717) is 12.6 Å². The summed E-state index contributed by atoms with van der Waals surface area (Å²) in [5, 5.41) is 3.46. The third-order valence-electron chi connectivity index (χ3n) is 5.64. The molecule has 3 rings (SSSR count). The van der Waals surface area contributed by atoms with Crippen molar-refractivity contribution in [2.24, 2.45) is 4.99 Å². The van der Waals surface area contributed by atoms with Gasteiger partial charge in [-0.2, -0.15) is 0 Å². The summed E-state index contributed by atoms with van der Waals surface area (Å²) in [6, 6.07) is 5.96. The average molecular weight is 406 g/mol. The topological polar surface area (TPSA) is 64.6 Å². The van der Waals surface area contributed by atoms with Crippen LogP contribution < -0.4 is 14.8 Å². The summed E-state index contributed by atoms with van der Waals surface area (Å²) >= 11 is 0. The van der Waals surface area contributed by atoms with Crippen molar-refractivity contribution in [2.45, 2.75) is 50.9 Å². The summed E-state index contributed by atoms with van der Waals surface area (Å²) < 4.78 is 22.6. The van der Waals surface area contributed by atoms with E-state index in [4.69, 9.17) is 18.9 Å². The number of likely N-dealkylation sites (tertiary alicyclic amines) is 1. The Morgan fingerprint density at radius 3 is 2.59 bits per heavy atom. The lowest BCUT2D eigenvalue weighted by Gasteiger charge is -2.35. The predicted molar refractivity (Wildman–Crippen MR) is 114 cm³/mol. The van der Waals surface area contributed by atoms with Crippen LogP contribution in [0.2, 0.25) is 0 Å². The molecule has 162 valence electrons. The molecular weight excluding hydrogens is 370 g/mol. The minimum absolute atomic E-state index is 0.290. The van der Waals surface area contributed by atoms with Crippen LogP contribution in [0.5, 0.6) is 11.5 Å². The second-order valence-electron chi connectivity index (χ2n) is 7.60. The molecule has 2 heterocycles. The fourth-order valence-corrected chi connectivity index (χ4v) is 3.92. The molecule has 0 radical (unpaired) electrons. The lowest BCUT2D eigenvalue weighted by Crippen LogP contribution is -2.47. The van der Waals surface area contributed by atoms with Crippen molar-refractivity contribution < 1.29 is 18.9 Å². The third kappa shape index (κ3) is 6.24. The highest BCUT2D eigenvalue weighted by molar-refractivity contribution is 5.80. The van der Waals surface area contributed by atoms with E-state index >= 15 is 0 Å². The van der Waals surface area contributed by atoms with Gasteiger partial charge < -0.3 is 29.2 Å². The third-order valence-corrected chi connectivity index (χ3v) is 5.64. The molecule has 1 aromatic rings. The molecule has 2 fully saturated rings. The molecule has 2 saturated heterocycles. The van der Waals surface area contributed by atoms with Gasteiger partial charge in [-0.3, -0.25) is 4.99 Å². The molecule has 2 aliphatic heterocycles. The number of ether oxygens (including phenoxy) is 4. The molecule has 1 atom stereocenters. The fourth-order valence-electron chi connectivity index (χ4n) is 3.92. The van der Waals surface area contributed by atoms with Gasteiger partial charge in [0.25, 0.3) is 0 Å². The molecule has 7 heteroatoms. The maximum atomic E-state index is 6.12. The van der Waals surface area contributed by atoms with Gasteiger partial charge in [0.15, 0.2) is 17.5 Å². The summed E-state index contributed by atoms with van der Waals surface area (Å²) in [7, 11) is 5.13. The maximum Gasteiger partial charge on any atom is 0.193 e. The van der Waals surface area contributed by atoms with E-state index in [1.54, 1.807) is 14.2 Å². The van der Waals surface area contributed by atoms with Crippen molar-refractivity contribution in [2.75, 3.05) is 47.6 Å². The quantitative estimate of drug-likeness (QED) is 0.556. The zero-order valence-corrected chi connectivity index (χ0v) is 18.0. The monoisotopic (exact) mass is 405 g/mol. The minimum atomic E-state index is 0.290. The van der Waals surface area contributed by atoms with Gasteiger partial charge in [0.2, 0.25) is 0 Å². The Balaban J connectivity index is 1.43. The molecule has 0 aliphatic carbocycles. The van der Waals surface area contributed by atoms with E-state index in [-0.39, 0.29) is 6.10 Å². The SMILES string of the molecule is CN=C(NCc1ccc(OC)c(OC)c1)N1CCC(OCC2CCCCO2)CC1. The Kier molecular flexibility index (Phi) is 8.43. The van der Waals surface area contributed by atoms with Crippen LogP contribution in [0, 0.1) is 0 Å². The van der Waals surface area contributed by atoms with Crippen molar-refractivity contribution in [3.63, 3.8) is 0 Å². The zero-order valence-electron chi connectivity index (χ0n) is 18.0. The van der Waals surface area contributed by atoms with Gasteiger partial charge in [0, 0.05) is 33.3 Å². The second-order valence-corrected chi connectivity index (χ2v) is 7.60. The summed E-state index contributed by atoms with van der Waals surface area (Å²) in [4.78, 5) is 6.77. The summed E-state index contributed by atoms with van der Waals surface area (Å²) in [6.45, 7) is 4.19. The van der Waals surface area contributed by atoms with E-state index in [1.807, 2.05) is 25.2 Å². The number of nitrogens with one attached hydrogen (secondary N) is 1. The Labute approximate surface area is 174 Å². The Hall–Kier alpha value is -1.99. The highest BCUT2D eigenvalue weighted by Gasteiger charge is 2.23. The van der Waals surface area contributed by atoms with E-state index in [2.05, 4.69) is 15.2 Å². The van der Waals surface area contributed by atoms with Crippen LogP contribution >= 0.6 is 0 Å². The van der Waals surface area contributed by atoms with Gasteiger partial charge in [0.1, 0.15) is 0 Å². The van der Waals surface area contributed by atoms with Gasteiger partial charge in [-0.15, -0.1) is 0 Å². The van der Waals surface area contributed by atoms with Crippen LogP contribution in [0.15, 0.2) is 23.2 Å². The van der Waals surface area contributed by atoms with Gasteiger partial charge in [-0.1, -0.05) is 6.07 Å². The molecule has 0 saturated carbocycles. The van der Waals surface area contributed by atoms with Crippen LogP contribution in [0.4, 0.5) is 0 Å². The molecule has 0 aromatic heterocycles. The number of hydrogen-bond acceptors (Lipinski definition) is 5. The van der Waals surface area contributed by atoms with E-state index in [1.165, 1.54) is 12.8 Å². The lowest BCUT2D eigenvalue weighted by molar-refractivity contribution is -0.0721. The number of piperidine rings is 1. The number of aliphatic imine (C=N–C) groups is 1. The molecular formula is C22H35N3O4. The standard InChI is InChI=1S/C22H35N3O4/c1-23-22(24-15-17-7-8-20(26-2)21(14-17)27-3)25-11-9-18(10-12-25)29-16-19-6-4-5-13-28-19/h7-8,14,18-19H,4-6,9-13,15-16H2,1-3H3,(H,23,24). The van der Waals surface area contributed by atoms with Crippen molar-refractivity contribution in [1.82, 2.24) is 10.2 Å². The molecule has 29 heavy (non-hydrogen) atoms. The van der Waals surface area contributed by atoms with Crippen molar-refractivity contribution in [3.05, 3.63) is 23.8 Å². The van der Waals surface area contributed by atoms with Gasteiger partial charge >= 0.3 is 0 Å². The molecule has 7 nitrogen and oxygen atoms in total. The number of guanidine groups is 1. The van der Waals surface area contributed by atoms with Crippen molar-refractivity contribution in [3.8, 4) is 11.5 Å². The van der Waals surface area contributed by atoms with Crippen LogP contribution in [0.1, 0.15) is 37.7 Å². The van der Waals surface area contributed by atoms with Crippen LogP contribution in [-0.2, 0) is 16.0 Å². The van der Waals surface area contributed by atoms with E-state index in [9.17, 15) is 0 Å². The highest BCUT2D eigenvalue weighted by Crippen LogP contribution is 2.27. The molecule has 0 amide bonds. The van der Waals surface area contributed by atoms with E-state index < -0.39 is 0 Å². The summed E-state index contributed by atoms with van der Waals surface area (Å²) in [5.41, 5.74) is 1.12. The largest absolute Gasteiger partial charge is 0.493 e. The normalized spacial score (nSPS) is 21.1. The van der Waals surface area contributed by atoms with Crippen LogP contribution in [-0.4, -0.2) is 70.6 Å².